The number of hydrogen-bond acceptors (Lipinski definition) is 4. The molecule has 5 heteroatoms. The van der Waals surface area contributed by atoms with Crippen LogP contribution in [0.15, 0.2) is 42.6 Å². The van der Waals surface area contributed by atoms with Crippen LogP contribution in [0.2, 0.25) is 0 Å². The van der Waals surface area contributed by atoms with Gasteiger partial charge in [-0.05, 0) is 30.3 Å². The fourth-order valence-corrected chi connectivity index (χ4v) is 1.89. The summed E-state index contributed by atoms with van der Waals surface area (Å²) >= 11 is 0. The zero-order chi connectivity index (χ0) is 13.8. The molecule has 0 saturated carbocycles. The summed E-state index contributed by atoms with van der Waals surface area (Å²) in [5.41, 5.74) is 13.8. The van der Waals surface area contributed by atoms with Crippen LogP contribution in [0.5, 0.6) is 0 Å². The van der Waals surface area contributed by atoms with Gasteiger partial charge in [0.05, 0.1) is 23.5 Å². The summed E-state index contributed by atoms with van der Waals surface area (Å²) in [6.07, 6.45) is 1.73. The number of amides is 1. The summed E-state index contributed by atoms with van der Waals surface area (Å²) in [5, 5.41) is 0. The molecule has 0 spiro atoms. The molecule has 0 fully saturated rings. The highest BCUT2D eigenvalue weighted by Gasteiger charge is 2.12. The van der Waals surface area contributed by atoms with Gasteiger partial charge in [-0.25, -0.2) is 0 Å². The van der Waals surface area contributed by atoms with Gasteiger partial charge in [0.2, 0.25) is 0 Å². The molecule has 4 N–H and O–H groups in total. The molecule has 1 aromatic heterocycles. The first-order chi connectivity index (χ1) is 9.08. The molecule has 5 nitrogen and oxygen atoms in total. The van der Waals surface area contributed by atoms with Crippen molar-refractivity contribution in [2.45, 2.75) is 6.54 Å². The Morgan fingerprint density at radius 3 is 2.74 bits per heavy atom. The lowest BCUT2D eigenvalue weighted by Crippen LogP contribution is -2.22. The number of hydrogen-bond donors (Lipinski definition) is 2. The highest BCUT2D eigenvalue weighted by molar-refractivity contribution is 5.99. The minimum atomic E-state index is -0.470. The molecule has 0 saturated heterocycles. The third-order valence-corrected chi connectivity index (χ3v) is 2.82. The second-order valence-corrected chi connectivity index (χ2v) is 4.32. The molecule has 0 aliphatic rings. The van der Waals surface area contributed by atoms with Crippen molar-refractivity contribution in [3.05, 3.63) is 53.9 Å². The average molecular weight is 256 g/mol. The number of carbonyl (C=O) groups is 1. The van der Waals surface area contributed by atoms with E-state index < -0.39 is 5.91 Å². The molecular formula is C14H16N4O. The van der Waals surface area contributed by atoms with Crippen LogP contribution in [-0.2, 0) is 6.54 Å². The number of nitrogens with two attached hydrogens (primary N) is 2. The van der Waals surface area contributed by atoms with Crippen LogP contribution in [0.25, 0.3) is 0 Å². The van der Waals surface area contributed by atoms with Crippen LogP contribution in [0.3, 0.4) is 0 Å². The van der Waals surface area contributed by atoms with Gasteiger partial charge < -0.3 is 16.4 Å². The Bertz CT molecular complexity index is 583. The van der Waals surface area contributed by atoms with Crippen molar-refractivity contribution in [3.8, 4) is 0 Å². The van der Waals surface area contributed by atoms with Crippen LogP contribution in [0, 0.1) is 0 Å². The van der Waals surface area contributed by atoms with Crippen LogP contribution < -0.4 is 16.4 Å². The summed E-state index contributed by atoms with van der Waals surface area (Å²) in [6, 6.07) is 10.7. The molecule has 1 heterocycles. The lowest BCUT2D eigenvalue weighted by atomic mass is 10.1. The summed E-state index contributed by atoms with van der Waals surface area (Å²) < 4.78 is 0. The first-order valence-corrected chi connectivity index (χ1v) is 5.88. The normalized spacial score (nSPS) is 10.2. The van der Waals surface area contributed by atoms with Crippen LogP contribution >= 0.6 is 0 Å². The van der Waals surface area contributed by atoms with Gasteiger partial charge in [0.15, 0.2) is 0 Å². The van der Waals surface area contributed by atoms with Gasteiger partial charge in [-0.15, -0.1) is 0 Å². The van der Waals surface area contributed by atoms with Crippen molar-refractivity contribution in [1.82, 2.24) is 4.98 Å². The van der Waals surface area contributed by atoms with E-state index in [1.54, 1.807) is 24.4 Å². The fraction of sp³-hybridized carbons (Fsp3) is 0.143. The summed E-state index contributed by atoms with van der Waals surface area (Å²) in [4.78, 5) is 17.6. The number of anilines is 2. The molecule has 0 radical (unpaired) electrons. The van der Waals surface area contributed by atoms with E-state index in [9.17, 15) is 4.79 Å². The predicted molar refractivity (Wildman–Crippen MR) is 75.7 cm³/mol. The molecule has 2 aromatic rings. The number of carbonyl (C=O) groups excluding carboxylic acids is 1. The lowest BCUT2D eigenvalue weighted by Gasteiger charge is -2.21. The molecule has 1 aromatic carbocycles. The molecule has 0 atom stereocenters. The monoisotopic (exact) mass is 256 g/mol. The van der Waals surface area contributed by atoms with Gasteiger partial charge in [-0.2, -0.15) is 0 Å². The van der Waals surface area contributed by atoms with Crippen molar-refractivity contribution >= 4 is 17.3 Å². The maximum absolute atomic E-state index is 11.4. The Morgan fingerprint density at radius 1 is 1.32 bits per heavy atom. The highest BCUT2D eigenvalue weighted by atomic mass is 16.1. The molecule has 19 heavy (non-hydrogen) atoms. The molecular weight excluding hydrogens is 240 g/mol. The first kappa shape index (κ1) is 12.9. The fourth-order valence-electron chi connectivity index (χ4n) is 1.89. The Labute approximate surface area is 111 Å². The van der Waals surface area contributed by atoms with Gasteiger partial charge in [0.25, 0.3) is 5.91 Å². The lowest BCUT2D eigenvalue weighted by molar-refractivity contribution is 0.100. The van der Waals surface area contributed by atoms with Crippen molar-refractivity contribution in [2.75, 3.05) is 17.7 Å². The van der Waals surface area contributed by atoms with Gasteiger partial charge in [0, 0.05) is 18.9 Å². The number of nitrogens with zero attached hydrogens (tertiary/aromatic N) is 2. The van der Waals surface area contributed by atoms with E-state index in [0.717, 1.165) is 5.69 Å². The molecule has 0 unspecified atom stereocenters. The minimum absolute atomic E-state index is 0.452. The zero-order valence-electron chi connectivity index (χ0n) is 10.7. The van der Waals surface area contributed by atoms with Crippen molar-refractivity contribution in [2.24, 2.45) is 5.73 Å². The molecule has 2 rings (SSSR count). The van der Waals surface area contributed by atoms with E-state index in [-0.39, 0.29) is 0 Å². The number of rotatable bonds is 4. The Hall–Kier alpha value is -2.56. The molecule has 0 bridgehead atoms. The number of nitrogen functional groups attached to an aromatic ring is 1. The quantitative estimate of drug-likeness (QED) is 0.810. The van der Waals surface area contributed by atoms with Crippen LogP contribution in [0.1, 0.15) is 16.1 Å². The van der Waals surface area contributed by atoms with Gasteiger partial charge in [-0.1, -0.05) is 6.07 Å². The largest absolute Gasteiger partial charge is 0.399 e. The second-order valence-electron chi connectivity index (χ2n) is 4.32. The highest BCUT2D eigenvalue weighted by Crippen LogP contribution is 2.23. The molecule has 0 aliphatic heterocycles. The third-order valence-electron chi connectivity index (χ3n) is 2.82. The number of pyridine rings is 1. The number of aromatic nitrogens is 1. The van der Waals surface area contributed by atoms with Gasteiger partial charge >= 0.3 is 0 Å². The van der Waals surface area contributed by atoms with E-state index in [1.165, 1.54) is 0 Å². The summed E-state index contributed by atoms with van der Waals surface area (Å²) in [5.74, 6) is -0.470. The summed E-state index contributed by atoms with van der Waals surface area (Å²) in [6.45, 7) is 0.574. The number of primary amides is 1. The van der Waals surface area contributed by atoms with Gasteiger partial charge in [0.1, 0.15) is 0 Å². The van der Waals surface area contributed by atoms with E-state index in [0.29, 0.717) is 23.5 Å². The Balaban J connectivity index is 2.30. The third kappa shape index (κ3) is 3.01. The maximum Gasteiger partial charge on any atom is 0.250 e. The van der Waals surface area contributed by atoms with E-state index in [1.807, 2.05) is 30.1 Å². The Morgan fingerprint density at radius 2 is 2.11 bits per heavy atom. The zero-order valence-corrected chi connectivity index (χ0v) is 10.7. The predicted octanol–water partition coefficient (Wildman–Crippen LogP) is 1.40. The van der Waals surface area contributed by atoms with Crippen molar-refractivity contribution in [3.63, 3.8) is 0 Å². The van der Waals surface area contributed by atoms with Crippen molar-refractivity contribution < 1.29 is 4.79 Å². The first-order valence-electron chi connectivity index (χ1n) is 5.88. The van der Waals surface area contributed by atoms with E-state index in [2.05, 4.69) is 4.98 Å². The van der Waals surface area contributed by atoms with E-state index in [4.69, 9.17) is 11.5 Å². The standard InChI is InChI=1S/C14H16N4O/c1-18(9-11-4-2-3-7-17-11)13-8-10(15)5-6-12(13)14(16)19/h2-8H,9,15H2,1H3,(H2,16,19). The topological polar surface area (TPSA) is 85.2 Å². The SMILES string of the molecule is CN(Cc1ccccn1)c1cc(N)ccc1C(N)=O. The number of benzene rings is 1. The minimum Gasteiger partial charge on any atom is -0.399 e. The molecule has 0 aliphatic carbocycles. The van der Waals surface area contributed by atoms with Gasteiger partial charge in [-0.3, -0.25) is 9.78 Å². The smallest absolute Gasteiger partial charge is 0.250 e. The maximum atomic E-state index is 11.4. The Kier molecular flexibility index (Phi) is 3.66. The summed E-state index contributed by atoms with van der Waals surface area (Å²) in [7, 11) is 1.87. The van der Waals surface area contributed by atoms with Crippen LogP contribution in [0.4, 0.5) is 11.4 Å². The second kappa shape index (κ2) is 5.39. The van der Waals surface area contributed by atoms with E-state index >= 15 is 0 Å². The van der Waals surface area contributed by atoms with Crippen LogP contribution in [-0.4, -0.2) is 17.9 Å². The average Bonchev–Trinajstić information content (AvgIpc) is 2.39. The molecule has 1 amide bonds. The van der Waals surface area contributed by atoms with Crippen molar-refractivity contribution in [1.29, 1.82) is 0 Å². The molecule has 98 valence electrons.